The van der Waals surface area contributed by atoms with Crippen LogP contribution in [0.15, 0.2) is 82.7 Å². The normalized spacial score (nSPS) is 11.0. The van der Waals surface area contributed by atoms with Gasteiger partial charge in [-0.25, -0.2) is 14.2 Å². The Balaban J connectivity index is 1.49. The molecule has 1 amide bonds. The van der Waals surface area contributed by atoms with Crippen LogP contribution < -0.4 is 10.9 Å². The number of carbonyl (C=O) groups is 2. The van der Waals surface area contributed by atoms with E-state index in [4.69, 9.17) is 21.9 Å². The number of hydrogen-bond donors (Lipinski definition) is 1. The monoisotopic (exact) mass is 620 g/mol. The van der Waals surface area contributed by atoms with Gasteiger partial charge in [0.2, 0.25) is 5.91 Å². The van der Waals surface area contributed by atoms with Crippen LogP contribution in [0.4, 0.5) is 10.1 Å². The molecule has 1 N–H and O–H groups in total. The van der Waals surface area contributed by atoms with E-state index >= 15 is 0 Å². The summed E-state index contributed by atoms with van der Waals surface area (Å²) in [5.74, 6) is -1.31. The van der Waals surface area contributed by atoms with E-state index in [0.29, 0.717) is 31.2 Å². The van der Waals surface area contributed by atoms with Crippen molar-refractivity contribution >= 4 is 63.2 Å². The lowest BCUT2D eigenvalue weighted by molar-refractivity contribution is -0.113. The molecule has 2 heterocycles. The highest BCUT2D eigenvalue weighted by atomic mass is 32.2. The van der Waals surface area contributed by atoms with Gasteiger partial charge in [-0.1, -0.05) is 42.2 Å². The number of esters is 1. The van der Waals surface area contributed by atoms with E-state index in [9.17, 15) is 18.8 Å². The molecule has 5 aromatic rings. The topological polar surface area (TPSA) is 95.2 Å². The lowest BCUT2D eigenvalue weighted by Crippen LogP contribution is -2.22. The van der Waals surface area contributed by atoms with Crippen LogP contribution in [0.25, 0.3) is 21.7 Å². The first-order valence-corrected chi connectivity index (χ1v) is 15.2. The molecule has 3 aromatic carbocycles. The van der Waals surface area contributed by atoms with Crippen molar-refractivity contribution < 1.29 is 18.7 Å². The molecule has 5 rings (SSSR count). The van der Waals surface area contributed by atoms with Gasteiger partial charge in [0.15, 0.2) is 14.8 Å². The second-order valence-corrected chi connectivity index (χ2v) is 11.6. The van der Waals surface area contributed by atoms with Crippen molar-refractivity contribution in [1.29, 1.82) is 0 Å². The van der Waals surface area contributed by atoms with Gasteiger partial charge in [-0.15, -0.1) is 0 Å². The van der Waals surface area contributed by atoms with Crippen molar-refractivity contribution in [3.05, 3.63) is 104 Å². The number of thiazole rings is 1. The second kappa shape index (κ2) is 12.8. The van der Waals surface area contributed by atoms with Crippen molar-refractivity contribution in [2.75, 3.05) is 17.7 Å². The van der Waals surface area contributed by atoms with E-state index in [1.807, 2.05) is 24.3 Å². The maximum atomic E-state index is 13.8. The van der Waals surface area contributed by atoms with Gasteiger partial charge in [-0.2, -0.15) is 0 Å². The van der Waals surface area contributed by atoms with E-state index in [-0.39, 0.29) is 29.0 Å². The number of benzene rings is 3. The molecule has 0 saturated carbocycles. The zero-order chi connectivity index (χ0) is 29.8. The molecule has 0 aliphatic carbocycles. The predicted octanol–water partition coefficient (Wildman–Crippen LogP) is 6.58. The van der Waals surface area contributed by atoms with E-state index in [1.165, 1.54) is 28.8 Å². The second-order valence-electron chi connectivity index (χ2n) is 9.02. The van der Waals surface area contributed by atoms with Gasteiger partial charge >= 0.3 is 5.97 Å². The van der Waals surface area contributed by atoms with Gasteiger partial charge in [-0.3, -0.25) is 18.7 Å². The van der Waals surface area contributed by atoms with Crippen molar-refractivity contribution in [3.63, 3.8) is 0 Å². The molecule has 8 nitrogen and oxygen atoms in total. The fourth-order valence-corrected chi connectivity index (χ4v) is 6.30. The Labute approximate surface area is 253 Å². The number of nitrogens with zero attached hydrogens (tertiary/aromatic N) is 3. The van der Waals surface area contributed by atoms with E-state index in [2.05, 4.69) is 12.2 Å². The summed E-state index contributed by atoms with van der Waals surface area (Å²) in [6.45, 7) is 4.06. The number of fused-ring (bicyclic) bond motifs is 1. The predicted molar refractivity (Wildman–Crippen MR) is 166 cm³/mol. The molecule has 0 bridgehead atoms. The van der Waals surface area contributed by atoms with E-state index in [1.54, 1.807) is 35.8 Å². The Kier molecular flexibility index (Phi) is 8.95. The van der Waals surface area contributed by atoms with Gasteiger partial charge in [0.1, 0.15) is 10.5 Å². The van der Waals surface area contributed by atoms with Crippen LogP contribution in [0, 0.1) is 9.77 Å². The van der Waals surface area contributed by atoms with E-state index < -0.39 is 11.8 Å². The van der Waals surface area contributed by atoms with Gasteiger partial charge in [0.25, 0.3) is 5.56 Å². The lowest BCUT2D eigenvalue weighted by Gasteiger charge is -2.13. The van der Waals surface area contributed by atoms with E-state index in [0.717, 1.165) is 40.8 Å². The Morgan fingerprint density at radius 3 is 2.26 bits per heavy atom. The van der Waals surface area contributed by atoms with Crippen LogP contribution in [-0.2, 0) is 16.0 Å². The van der Waals surface area contributed by atoms with Crippen LogP contribution in [0.2, 0.25) is 0 Å². The van der Waals surface area contributed by atoms with Gasteiger partial charge in [0, 0.05) is 11.4 Å². The van der Waals surface area contributed by atoms with Gasteiger partial charge in [0.05, 0.1) is 23.6 Å². The summed E-state index contributed by atoms with van der Waals surface area (Å²) < 4.78 is 22.6. The fraction of sp³-hybridized carbons (Fsp3) is 0.167. The summed E-state index contributed by atoms with van der Waals surface area (Å²) in [4.78, 5) is 43.4. The zero-order valence-corrected chi connectivity index (χ0v) is 25.1. The Morgan fingerprint density at radius 1 is 0.976 bits per heavy atom. The Bertz CT molecular complexity index is 1880. The number of halogens is 1. The minimum absolute atomic E-state index is 0.0746. The molecule has 42 heavy (non-hydrogen) atoms. The van der Waals surface area contributed by atoms with Crippen LogP contribution in [0.5, 0.6) is 0 Å². The number of aryl methyl sites for hydroxylation is 1. The molecule has 0 atom stereocenters. The Hall–Kier alpha value is -4.13. The molecule has 0 unspecified atom stereocenters. The third-order valence-corrected chi connectivity index (χ3v) is 8.57. The number of hydrogen-bond acceptors (Lipinski definition) is 8. The molecule has 0 saturated heterocycles. The summed E-state index contributed by atoms with van der Waals surface area (Å²) in [5, 5.41) is 3.03. The van der Waals surface area contributed by atoms with Crippen LogP contribution >= 0.6 is 35.3 Å². The highest BCUT2D eigenvalue weighted by Gasteiger charge is 2.20. The number of thioether (sulfide) groups is 1. The third kappa shape index (κ3) is 6.20. The number of carbonyl (C=O) groups excluding carboxylic acids is 2. The van der Waals surface area contributed by atoms with Crippen LogP contribution in [0.3, 0.4) is 0 Å². The summed E-state index contributed by atoms with van der Waals surface area (Å²) >= 11 is 7.85. The fourth-order valence-electron chi connectivity index (χ4n) is 4.19. The molecule has 214 valence electrons. The number of aromatic nitrogens is 3. The SMILES string of the molecule is CCOC(=O)c1ccc(NC(=O)CSc2nc3c(sc(=S)n3-c3ccc(CC)cc3)c(=O)n2-c2ccc(F)cc2)cc1. The maximum Gasteiger partial charge on any atom is 0.338 e. The third-order valence-electron chi connectivity index (χ3n) is 6.28. The first-order valence-electron chi connectivity index (χ1n) is 13.0. The molecule has 0 radical (unpaired) electrons. The molecule has 2 aromatic heterocycles. The standard InChI is InChI=1S/C30H25FN4O4S3/c1-3-18-5-13-22(14-6-18)34-26-25(42-30(34)40)27(37)35(23-15-9-20(31)10-16-23)29(33-26)41-17-24(36)32-21-11-7-19(8-12-21)28(38)39-4-2/h5-16H,3-4,17H2,1-2H3,(H,32,36). The number of nitrogens with one attached hydrogen (secondary N) is 1. The average molecular weight is 621 g/mol. The largest absolute Gasteiger partial charge is 0.462 e. The highest BCUT2D eigenvalue weighted by molar-refractivity contribution is 7.99. The van der Waals surface area contributed by atoms with Gasteiger partial charge in [-0.05, 0) is 91.8 Å². The van der Waals surface area contributed by atoms with Crippen LogP contribution in [-0.4, -0.2) is 38.4 Å². The smallest absolute Gasteiger partial charge is 0.338 e. The van der Waals surface area contributed by atoms with Crippen molar-refractivity contribution in [1.82, 2.24) is 14.1 Å². The van der Waals surface area contributed by atoms with Crippen LogP contribution in [0.1, 0.15) is 29.8 Å². The summed E-state index contributed by atoms with van der Waals surface area (Å²) in [6, 6.07) is 19.7. The van der Waals surface area contributed by atoms with Crippen molar-refractivity contribution in [3.8, 4) is 11.4 Å². The number of ether oxygens (including phenoxy) is 1. The molecular formula is C30H25FN4O4S3. The molecule has 12 heteroatoms. The number of amides is 1. The lowest BCUT2D eigenvalue weighted by atomic mass is 10.1. The molecule has 0 aliphatic rings. The average Bonchev–Trinajstić information content (AvgIpc) is 3.33. The van der Waals surface area contributed by atoms with Crippen molar-refractivity contribution in [2.45, 2.75) is 25.4 Å². The molecule has 0 spiro atoms. The molecule has 0 fully saturated rings. The number of rotatable bonds is 9. The minimum Gasteiger partial charge on any atom is -0.462 e. The summed E-state index contributed by atoms with van der Waals surface area (Å²) in [5.41, 5.74) is 3.23. The maximum absolute atomic E-state index is 13.8. The first kappa shape index (κ1) is 29.4. The van der Waals surface area contributed by atoms with Gasteiger partial charge < -0.3 is 10.1 Å². The summed E-state index contributed by atoms with van der Waals surface area (Å²) in [7, 11) is 0. The quantitative estimate of drug-likeness (QED) is 0.0861. The molecular weight excluding hydrogens is 596 g/mol. The van der Waals surface area contributed by atoms with Crippen molar-refractivity contribution in [2.24, 2.45) is 0 Å². The number of anilines is 1. The first-order chi connectivity index (χ1) is 20.3. The Morgan fingerprint density at radius 2 is 1.62 bits per heavy atom. The molecule has 0 aliphatic heterocycles. The summed E-state index contributed by atoms with van der Waals surface area (Å²) in [6.07, 6.45) is 0.884. The minimum atomic E-state index is -0.444. The highest BCUT2D eigenvalue weighted by Crippen LogP contribution is 2.28. The zero-order valence-electron chi connectivity index (χ0n) is 22.6.